The predicted molar refractivity (Wildman–Crippen MR) is 79.2 cm³/mol. The molecule has 19 heavy (non-hydrogen) atoms. The summed E-state index contributed by atoms with van der Waals surface area (Å²) < 4.78 is 0. The minimum atomic E-state index is -0.388. The predicted octanol–water partition coefficient (Wildman–Crippen LogP) is 2.15. The Morgan fingerprint density at radius 1 is 1.26 bits per heavy atom. The molecule has 0 aromatic heterocycles. The molecule has 0 atom stereocenters. The Morgan fingerprint density at radius 2 is 1.89 bits per heavy atom. The second-order valence-electron chi connectivity index (χ2n) is 3.55. The van der Waals surface area contributed by atoms with Crippen LogP contribution in [0.5, 0.6) is 0 Å². The van der Waals surface area contributed by atoms with Gasteiger partial charge in [-0.05, 0) is 25.2 Å². The summed E-state index contributed by atoms with van der Waals surface area (Å²) in [6.45, 7) is 6.51. The van der Waals surface area contributed by atoms with E-state index in [1.165, 1.54) is 0 Å². The number of hydrogen-bond acceptors (Lipinski definition) is 5. The maximum absolute atomic E-state index is 9.99. The third-order valence-corrected chi connectivity index (χ3v) is 2.35. The zero-order valence-corrected chi connectivity index (χ0v) is 12.0. The molecule has 6 nitrogen and oxygen atoms in total. The maximum Gasteiger partial charge on any atom is 0.217 e. The third-order valence-electron chi connectivity index (χ3n) is 2.02. The molecule has 7 heteroatoms. The van der Waals surface area contributed by atoms with Crippen molar-refractivity contribution >= 4 is 17.3 Å². The van der Waals surface area contributed by atoms with Gasteiger partial charge in [0.1, 0.15) is 0 Å². The van der Waals surface area contributed by atoms with Crippen LogP contribution < -0.4 is 16.2 Å². The van der Waals surface area contributed by atoms with E-state index in [-0.39, 0.29) is 18.0 Å². The zero-order valence-electron chi connectivity index (χ0n) is 11.3. The number of nitro groups is 1. The first-order chi connectivity index (χ1) is 9.11. The van der Waals surface area contributed by atoms with Gasteiger partial charge in [0, 0.05) is 4.92 Å². The number of hydrogen-bond donors (Lipinski definition) is 3. The number of hydrazine groups is 1. The van der Waals surface area contributed by atoms with Crippen LogP contribution in [-0.2, 0) is 0 Å². The van der Waals surface area contributed by atoms with Crippen LogP contribution in [0.3, 0.4) is 0 Å². The van der Waals surface area contributed by atoms with E-state index >= 15 is 0 Å². The van der Waals surface area contributed by atoms with Gasteiger partial charge in [-0.3, -0.25) is 10.1 Å². The smallest absolute Gasteiger partial charge is 0.217 e. The Bertz CT molecular complexity index is 361. The average molecular weight is 289 g/mol. The number of nitrogens with zero attached hydrogens (tertiary/aromatic N) is 1. The quantitative estimate of drug-likeness (QED) is 0.407. The van der Waals surface area contributed by atoms with Crippen LogP contribution in [0.15, 0.2) is 24.3 Å². The van der Waals surface area contributed by atoms with E-state index in [0.29, 0.717) is 10.7 Å². The maximum atomic E-state index is 9.99. The zero-order chi connectivity index (χ0) is 14.5. The highest BCUT2D eigenvalue weighted by molar-refractivity contribution is 6.33. The van der Waals surface area contributed by atoms with Crippen molar-refractivity contribution in [2.24, 2.45) is 0 Å². The number of benzene rings is 1. The highest BCUT2D eigenvalue weighted by atomic mass is 35.5. The van der Waals surface area contributed by atoms with Crippen LogP contribution >= 0.6 is 11.6 Å². The monoisotopic (exact) mass is 288 g/mol. The first kappa shape index (κ1) is 17.6. The molecule has 0 amide bonds. The lowest BCUT2D eigenvalue weighted by atomic mass is 10.3. The van der Waals surface area contributed by atoms with Crippen molar-refractivity contribution in [3.8, 4) is 0 Å². The summed E-state index contributed by atoms with van der Waals surface area (Å²) in [6, 6.07) is 7.15. The second kappa shape index (κ2) is 11.7. The van der Waals surface area contributed by atoms with E-state index in [2.05, 4.69) is 30.0 Å². The van der Waals surface area contributed by atoms with E-state index in [0.717, 1.165) is 13.1 Å². The number of para-hydroxylation sites is 1. The van der Waals surface area contributed by atoms with E-state index in [4.69, 9.17) is 11.6 Å². The molecule has 0 saturated carbocycles. The van der Waals surface area contributed by atoms with E-state index in [1.54, 1.807) is 12.1 Å². The van der Waals surface area contributed by atoms with Crippen molar-refractivity contribution in [3.63, 3.8) is 0 Å². The van der Waals surface area contributed by atoms with Crippen molar-refractivity contribution < 1.29 is 4.92 Å². The van der Waals surface area contributed by atoms with Gasteiger partial charge in [-0.25, -0.2) is 5.43 Å². The van der Waals surface area contributed by atoms with Crippen LogP contribution in [0.4, 0.5) is 5.69 Å². The lowest BCUT2D eigenvalue weighted by Crippen LogP contribution is -2.27. The molecule has 0 aliphatic heterocycles. The fourth-order valence-corrected chi connectivity index (χ4v) is 1.30. The minimum Gasteiger partial charge on any atom is -0.320 e. The first-order valence-corrected chi connectivity index (χ1v) is 6.55. The molecule has 108 valence electrons. The molecular formula is C12H21ClN4O2. The molecule has 0 bridgehead atoms. The Balaban J connectivity index is 0.000000555. The van der Waals surface area contributed by atoms with E-state index in [1.807, 2.05) is 12.1 Å². The van der Waals surface area contributed by atoms with Gasteiger partial charge < -0.3 is 10.7 Å². The fraction of sp³-hybridized carbons (Fsp3) is 0.500. The summed E-state index contributed by atoms with van der Waals surface area (Å²) in [4.78, 5) is 9.60. The van der Waals surface area contributed by atoms with Gasteiger partial charge >= 0.3 is 0 Å². The summed E-state index contributed by atoms with van der Waals surface area (Å²) >= 11 is 5.83. The van der Waals surface area contributed by atoms with Gasteiger partial charge in [0.25, 0.3) is 0 Å². The lowest BCUT2D eigenvalue weighted by Gasteiger charge is -2.07. The highest BCUT2D eigenvalue weighted by Gasteiger charge is 1.98. The van der Waals surface area contributed by atoms with Crippen molar-refractivity contribution in [1.82, 2.24) is 10.7 Å². The fourth-order valence-electron chi connectivity index (χ4n) is 1.12. The molecule has 0 saturated heterocycles. The van der Waals surface area contributed by atoms with Crippen LogP contribution in [0.2, 0.25) is 5.02 Å². The summed E-state index contributed by atoms with van der Waals surface area (Å²) in [6.07, 6.45) is 0. The summed E-state index contributed by atoms with van der Waals surface area (Å²) in [7, 11) is 0. The standard InChI is InChI=1S/C8H10ClN3O2.C4H11N/c9-7-3-1-2-4-8(7)11-10-5-6-12(13)14;1-3-5-4-2/h1-4,10-11H,5-6H2;5H,3-4H2,1-2H3. The van der Waals surface area contributed by atoms with Crippen molar-refractivity contribution in [3.05, 3.63) is 39.4 Å². The molecule has 0 aliphatic rings. The SMILES string of the molecule is CCNCC.O=[N+]([O-])CCNNc1ccccc1Cl. The summed E-state index contributed by atoms with van der Waals surface area (Å²) in [5.41, 5.74) is 6.19. The molecule has 0 fully saturated rings. The highest BCUT2D eigenvalue weighted by Crippen LogP contribution is 2.18. The number of anilines is 1. The van der Waals surface area contributed by atoms with Gasteiger partial charge in [0.05, 0.1) is 17.3 Å². The third kappa shape index (κ3) is 10.3. The van der Waals surface area contributed by atoms with Gasteiger partial charge in [0.2, 0.25) is 6.54 Å². The Labute approximate surface area is 118 Å². The van der Waals surface area contributed by atoms with Crippen molar-refractivity contribution in [1.29, 1.82) is 0 Å². The normalized spacial score (nSPS) is 9.42. The molecule has 0 unspecified atom stereocenters. The molecule has 0 spiro atoms. The van der Waals surface area contributed by atoms with Crippen LogP contribution in [0.1, 0.15) is 13.8 Å². The molecular weight excluding hydrogens is 268 g/mol. The van der Waals surface area contributed by atoms with Gasteiger partial charge in [-0.1, -0.05) is 37.6 Å². The van der Waals surface area contributed by atoms with Gasteiger partial charge in [-0.2, -0.15) is 0 Å². The van der Waals surface area contributed by atoms with Crippen molar-refractivity contribution in [2.45, 2.75) is 13.8 Å². The molecule has 0 radical (unpaired) electrons. The Kier molecular flexibility index (Phi) is 10.9. The largest absolute Gasteiger partial charge is 0.320 e. The second-order valence-corrected chi connectivity index (χ2v) is 3.95. The molecule has 0 heterocycles. The minimum absolute atomic E-state index is 0.128. The van der Waals surface area contributed by atoms with Gasteiger partial charge in [0.15, 0.2) is 0 Å². The summed E-state index contributed by atoms with van der Waals surface area (Å²) in [5, 5.41) is 13.7. The molecule has 1 aromatic rings. The van der Waals surface area contributed by atoms with E-state index < -0.39 is 0 Å². The van der Waals surface area contributed by atoms with Gasteiger partial charge in [-0.15, -0.1) is 0 Å². The average Bonchev–Trinajstić information content (AvgIpc) is 2.38. The molecule has 1 aromatic carbocycles. The van der Waals surface area contributed by atoms with Crippen LogP contribution in [0, 0.1) is 10.1 Å². The topological polar surface area (TPSA) is 79.2 Å². The van der Waals surface area contributed by atoms with Crippen LogP contribution in [-0.4, -0.2) is 31.1 Å². The lowest BCUT2D eigenvalue weighted by molar-refractivity contribution is -0.477. The van der Waals surface area contributed by atoms with Crippen molar-refractivity contribution in [2.75, 3.05) is 31.6 Å². The first-order valence-electron chi connectivity index (χ1n) is 6.17. The van der Waals surface area contributed by atoms with Crippen LogP contribution in [0.25, 0.3) is 0 Å². The molecule has 3 N–H and O–H groups in total. The number of nitrogens with one attached hydrogen (secondary N) is 3. The number of rotatable bonds is 7. The molecule has 1 rings (SSSR count). The molecule has 0 aliphatic carbocycles. The Hall–Kier alpha value is -1.37. The number of halogens is 1. The van der Waals surface area contributed by atoms with E-state index in [9.17, 15) is 10.1 Å². The Morgan fingerprint density at radius 3 is 2.37 bits per heavy atom. The summed E-state index contributed by atoms with van der Waals surface area (Å²) in [5.74, 6) is 0.